The van der Waals surface area contributed by atoms with Gasteiger partial charge in [-0.25, -0.2) is 0 Å². The lowest BCUT2D eigenvalue weighted by Crippen LogP contribution is -2.26. The molecule has 3 rings (SSSR count). The van der Waals surface area contributed by atoms with E-state index in [0.29, 0.717) is 6.54 Å². The maximum Gasteiger partial charge on any atom is 0.240 e. The Morgan fingerprint density at radius 2 is 1.84 bits per heavy atom. The number of aromatic amines is 1. The van der Waals surface area contributed by atoms with Gasteiger partial charge in [-0.15, -0.1) is 10.2 Å². The lowest BCUT2D eigenvalue weighted by atomic mass is 9.86. The average molecular weight is 338 g/mol. The van der Waals surface area contributed by atoms with Gasteiger partial charge in [-0.05, 0) is 17.0 Å². The number of rotatable bonds is 5. The minimum Gasteiger partial charge on any atom is -0.349 e. The first-order valence-corrected chi connectivity index (χ1v) is 8.16. The van der Waals surface area contributed by atoms with E-state index >= 15 is 0 Å². The van der Waals surface area contributed by atoms with Crippen LogP contribution in [0.3, 0.4) is 0 Å². The van der Waals surface area contributed by atoms with Gasteiger partial charge in [-0.3, -0.25) is 9.89 Å². The van der Waals surface area contributed by atoms with Crippen LogP contribution in [0.1, 0.15) is 32.0 Å². The first-order valence-electron chi connectivity index (χ1n) is 8.16. The molecular formula is C18H22N6O. The molecule has 0 radical (unpaired) electrons. The summed E-state index contributed by atoms with van der Waals surface area (Å²) >= 11 is 0. The second kappa shape index (κ2) is 6.88. The van der Waals surface area contributed by atoms with Crippen molar-refractivity contribution in [2.24, 2.45) is 0 Å². The molecule has 0 atom stereocenters. The summed E-state index contributed by atoms with van der Waals surface area (Å²) in [5.41, 5.74) is 4.18. The maximum absolute atomic E-state index is 11.9. The fourth-order valence-electron chi connectivity index (χ4n) is 2.46. The molecule has 7 heteroatoms. The Labute approximate surface area is 146 Å². The van der Waals surface area contributed by atoms with Gasteiger partial charge in [0.15, 0.2) is 0 Å². The SMILES string of the molecule is CC(C)(C)c1ccc(-c2cc(CNC(=O)Cn3cnnc3)[nH]n2)cc1. The van der Waals surface area contributed by atoms with Crippen LogP contribution in [0.15, 0.2) is 43.0 Å². The van der Waals surface area contributed by atoms with Crippen molar-refractivity contribution in [3.63, 3.8) is 0 Å². The van der Waals surface area contributed by atoms with Crippen molar-refractivity contribution in [1.82, 2.24) is 30.3 Å². The normalized spacial score (nSPS) is 11.5. The van der Waals surface area contributed by atoms with Gasteiger partial charge in [0.25, 0.3) is 0 Å². The molecule has 3 aromatic rings. The molecule has 130 valence electrons. The monoisotopic (exact) mass is 338 g/mol. The molecule has 0 saturated carbocycles. The third-order valence-corrected chi connectivity index (χ3v) is 3.95. The van der Waals surface area contributed by atoms with Crippen molar-refractivity contribution in [3.8, 4) is 11.3 Å². The van der Waals surface area contributed by atoms with Crippen LogP contribution in [0.4, 0.5) is 0 Å². The molecular weight excluding hydrogens is 316 g/mol. The number of carbonyl (C=O) groups excluding carboxylic acids is 1. The number of nitrogens with zero attached hydrogens (tertiary/aromatic N) is 4. The minimum atomic E-state index is -0.106. The molecule has 0 aliphatic carbocycles. The molecule has 2 heterocycles. The quantitative estimate of drug-likeness (QED) is 0.747. The average Bonchev–Trinajstić information content (AvgIpc) is 3.24. The number of carbonyl (C=O) groups is 1. The van der Waals surface area contributed by atoms with Gasteiger partial charge in [-0.1, -0.05) is 45.0 Å². The number of hydrogen-bond donors (Lipinski definition) is 2. The van der Waals surface area contributed by atoms with Crippen LogP contribution in [-0.4, -0.2) is 30.9 Å². The zero-order chi connectivity index (χ0) is 17.9. The predicted molar refractivity (Wildman–Crippen MR) is 94.6 cm³/mol. The van der Waals surface area contributed by atoms with Crippen LogP contribution in [0.25, 0.3) is 11.3 Å². The number of benzene rings is 1. The molecule has 0 bridgehead atoms. The third kappa shape index (κ3) is 4.32. The standard InChI is InChI=1S/C18H22N6O/c1-18(2,3)14-6-4-13(5-7-14)16-8-15(22-23-16)9-19-17(25)10-24-11-20-21-12-24/h4-8,11-12H,9-10H2,1-3H3,(H,19,25)(H,22,23). The Balaban J connectivity index is 1.59. The van der Waals surface area contributed by atoms with Gasteiger partial charge >= 0.3 is 0 Å². The number of aromatic nitrogens is 5. The maximum atomic E-state index is 11.9. The Hall–Kier alpha value is -2.96. The number of H-pyrrole nitrogens is 1. The Morgan fingerprint density at radius 1 is 1.16 bits per heavy atom. The zero-order valence-electron chi connectivity index (χ0n) is 14.7. The first-order chi connectivity index (χ1) is 11.9. The number of nitrogens with one attached hydrogen (secondary N) is 2. The highest BCUT2D eigenvalue weighted by atomic mass is 16.1. The summed E-state index contributed by atoms with van der Waals surface area (Å²) in [5.74, 6) is -0.106. The van der Waals surface area contributed by atoms with Gasteiger partial charge < -0.3 is 9.88 Å². The molecule has 7 nitrogen and oxygen atoms in total. The summed E-state index contributed by atoms with van der Waals surface area (Å²) < 4.78 is 1.62. The van der Waals surface area contributed by atoms with E-state index in [1.807, 2.05) is 6.07 Å². The third-order valence-electron chi connectivity index (χ3n) is 3.95. The van der Waals surface area contributed by atoms with Gasteiger partial charge in [0, 0.05) is 5.56 Å². The van der Waals surface area contributed by atoms with E-state index in [9.17, 15) is 4.79 Å². The van der Waals surface area contributed by atoms with Crippen molar-refractivity contribution >= 4 is 5.91 Å². The van der Waals surface area contributed by atoms with Gasteiger partial charge in [0.2, 0.25) is 5.91 Å². The van der Waals surface area contributed by atoms with E-state index in [1.54, 1.807) is 4.57 Å². The van der Waals surface area contributed by atoms with Gasteiger partial charge in [0.1, 0.15) is 19.2 Å². The van der Waals surface area contributed by atoms with Crippen molar-refractivity contribution in [3.05, 3.63) is 54.2 Å². The summed E-state index contributed by atoms with van der Waals surface area (Å²) in [6.45, 7) is 7.17. The van der Waals surface area contributed by atoms with E-state index in [2.05, 4.69) is 70.7 Å². The molecule has 25 heavy (non-hydrogen) atoms. The molecule has 1 amide bonds. The topological polar surface area (TPSA) is 88.5 Å². The smallest absolute Gasteiger partial charge is 0.240 e. The van der Waals surface area contributed by atoms with E-state index in [0.717, 1.165) is 17.0 Å². The molecule has 0 unspecified atom stereocenters. The summed E-state index contributed by atoms with van der Waals surface area (Å²) in [4.78, 5) is 11.9. The Kier molecular flexibility index (Phi) is 4.65. The van der Waals surface area contributed by atoms with Crippen molar-refractivity contribution < 1.29 is 4.79 Å². The van der Waals surface area contributed by atoms with Crippen LogP contribution in [0.2, 0.25) is 0 Å². The Morgan fingerprint density at radius 3 is 2.48 bits per heavy atom. The van der Waals surface area contributed by atoms with Crippen LogP contribution in [-0.2, 0) is 23.3 Å². The van der Waals surface area contributed by atoms with Crippen LogP contribution in [0, 0.1) is 0 Å². The van der Waals surface area contributed by atoms with E-state index in [4.69, 9.17) is 0 Å². The van der Waals surface area contributed by atoms with Crippen molar-refractivity contribution in [2.45, 2.75) is 39.3 Å². The van der Waals surface area contributed by atoms with E-state index in [1.165, 1.54) is 18.2 Å². The fraction of sp³-hybridized carbons (Fsp3) is 0.333. The molecule has 0 spiro atoms. The molecule has 0 aliphatic rings. The molecule has 0 fully saturated rings. The number of amides is 1. The second-order valence-corrected chi connectivity index (χ2v) is 7.02. The van der Waals surface area contributed by atoms with Crippen LogP contribution < -0.4 is 5.32 Å². The zero-order valence-corrected chi connectivity index (χ0v) is 14.7. The number of hydrogen-bond acceptors (Lipinski definition) is 4. The predicted octanol–water partition coefficient (Wildman–Crippen LogP) is 2.28. The molecule has 0 aliphatic heterocycles. The first kappa shape index (κ1) is 16.9. The lowest BCUT2D eigenvalue weighted by molar-refractivity contribution is -0.121. The van der Waals surface area contributed by atoms with Gasteiger partial charge in [-0.2, -0.15) is 5.10 Å². The summed E-state index contributed by atoms with van der Waals surface area (Å²) in [6, 6.07) is 10.4. The minimum absolute atomic E-state index is 0.106. The molecule has 0 saturated heterocycles. The molecule has 1 aromatic carbocycles. The highest BCUT2D eigenvalue weighted by Gasteiger charge is 2.13. The van der Waals surface area contributed by atoms with Gasteiger partial charge in [0.05, 0.1) is 17.9 Å². The molecule has 2 aromatic heterocycles. The van der Waals surface area contributed by atoms with Crippen molar-refractivity contribution in [2.75, 3.05) is 0 Å². The van der Waals surface area contributed by atoms with Crippen molar-refractivity contribution in [1.29, 1.82) is 0 Å². The second-order valence-electron chi connectivity index (χ2n) is 7.02. The highest BCUT2D eigenvalue weighted by Crippen LogP contribution is 2.25. The summed E-state index contributed by atoms with van der Waals surface area (Å²) in [5, 5.41) is 17.5. The summed E-state index contributed by atoms with van der Waals surface area (Å²) in [7, 11) is 0. The Bertz CT molecular complexity index is 827. The van der Waals surface area contributed by atoms with Crippen LogP contribution in [0.5, 0.6) is 0 Å². The highest BCUT2D eigenvalue weighted by molar-refractivity contribution is 5.75. The van der Waals surface area contributed by atoms with Crippen LogP contribution >= 0.6 is 0 Å². The molecule has 2 N–H and O–H groups in total. The lowest BCUT2D eigenvalue weighted by Gasteiger charge is -2.18. The van der Waals surface area contributed by atoms with E-state index in [-0.39, 0.29) is 17.9 Å². The fourth-order valence-corrected chi connectivity index (χ4v) is 2.46. The van der Waals surface area contributed by atoms with E-state index < -0.39 is 0 Å². The summed E-state index contributed by atoms with van der Waals surface area (Å²) in [6.07, 6.45) is 3.02. The largest absolute Gasteiger partial charge is 0.349 e.